The Balaban J connectivity index is 1.99. The fraction of sp³-hybridized carbons (Fsp3) is 0.357. The van der Waals surface area contributed by atoms with Crippen molar-refractivity contribution < 1.29 is 0 Å². The van der Waals surface area contributed by atoms with E-state index in [0.717, 1.165) is 21.7 Å². The first kappa shape index (κ1) is 13.7. The van der Waals surface area contributed by atoms with Gasteiger partial charge in [0.15, 0.2) is 0 Å². The van der Waals surface area contributed by atoms with Gasteiger partial charge in [0, 0.05) is 22.1 Å². The highest BCUT2D eigenvalue weighted by molar-refractivity contribution is 9.10. The highest BCUT2D eigenvalue weighted by atomic mass is 79.9. The van der Waals surface area contributed by atoms with E-state index in [1.807, 2.05) is 6.92 Å². The molecule has 0 aliphatic rings. The van der Waals surface area contributed by atoms with Crippen LogP contribution < -0.4 is 5.32 Å². The van der Waals surface area contributed by atoms with Crippen molar-refractivity contribution in [1.82, 2.24) is 10.3 Å². The average Bonchev–Trinajstić information content (AvgIpc) is 2.74. The summed E-state index contributed by atoms with van der Waals surface area (Å²) < 4.78 is 1.16. The van der Waals surface area contributed by atoms with Crippen molar-refractivity contribution in [2.75, 3.05) is 0 Å². The molecular formula is C14H17BrN2S. The second kappa shape index (κ2) is 5.95. The van der Waals surface area contributed by atoms with Gasteiger partial charge in [0.1, 0.15) is 5.01 Å². The third-order valence-electron chi connectivity index (χ3n) is 2.81. The summed E-state index contributed by atoms with van der Waals surface area (Å²) in [6.07, 6.45) is 0. The molecule has 18 heavy (non-hydrogen) atoms. The number of nitrogens with zero attached hydrogens (tertiary/aromatic N) is 1. The fourth-order valence-electron chi connectivity index (χ4n) is 1.72. The number of rotatable bonds is 4. The number of halogens is 1. The number of aromatic nitrogens is 1. The van der Waals surface area contributed by atoms with Crippen LogP contribution in [0.2, 0.25) is 0 Å². The van der Waals surface area contributed by atoms with Crippen LogP contribution >= 0.6 is 27.3 Å². The number of hydrogen-bond donors (Lipinski definition) is 1. The summed E-state index contributed by atoms with van der Waals surface area (Å²) in [4.78, 5) is 4.50. The molecule has 1 atom stereocenters. The zero-order chi connectivity index (χ0) is 13.1. The van der Waals surface area contributed by atoms with E-state index in [1.165, 1.54) is 11.1 Å². The van der Waals surface area contributed by atoms with Crippen molar-refractivity contribution in [3.63, 3.8) is 0 Å². The number of aryl methyl sites for hydroxylation is 2. The molecule has 0 aliphatic carbocycles. The van der Waals surface area contributed by atoms with E-state index in [0.29, 0.717) is 0 Å². The number of hydrogen-bond acceptors (Lipinski definition) is 3. The Morgan fingerprint density at radius 2 is 2.17 bits per heavy atom. The van der Waals surface area contributed by atoms with Crippen LogP contribution in [0.25, 0.3) is 0 Å². The molecule has 0 bridgehead atoms. The largest absolute Gasteiger partial charge is 0.304 e. The first-order valence-electron chi connectivity index (χ1n) is 5.96. The van der Waals surface area contributed by atoms with E-state index >= 15 is 0 Å². The lowest BCUT2D eigenvalue weighted by atomic mass is 10.1. The molecule has 4 heteroatoms. The third kappa shape index (κ3) is 3.40. The van der Waals surface area contributed by atoms with E-state index in [2.05, 4.69) is 63.7 Å². The minimum atomic E-state index is 0.289. The van der Waals surface area contributed by atoms with Gasteiger partial charge in [-0.25, -0.2) is 4.98 Å². The van der Waals surface area contributed by atoms with Crippen molar-refractivity contribution >= 4 is 27.3 Å². The SMILES string of the molecule is Cc1ccc(CNC(C)c2nc(C)cs2)c(Br)c1. The molecule has 0 spiro atoms. The Morgan fingerprint density at radius 3 is 2.78 bits per heavy atom. The molecule has 0 aliphatic heterocycles. The van der Waals surface area contributed by atoms with Crippen LogP contribution in [0.15, 0.2) is 28.1 Å². The summed E-state index contributed by atoms with van der Waals surface area (Å²) in [7, 11) is 0. The standard InChI is InChI=1S/C14H17BrN2S/c1-9-4-5-12(13(15)6-9)7-16-11(3)14-17-10(2)8-18-14/h4-6,8,11,16H,7H2,1-3H3. The molecule has 1 heterocycles. The Bertz CT molecular complexity index is 536. The van der Waals surface area contributed by atoms with Gasteiger partial charge in [-0.1, -0.05) is 28.1 Å². The van der Waals surface area contributed by atoms with Gasteiger partial charge in [0.25, 0.3) is 0 Å². The monoisotopic (exact) mass is 324 g/mol. The second-order valence-electron chi connectivity index (χ2n) is 4.52. The van der Waals surface area contributed by atoms with Crippen LogP contribution in [0.4, 0.5) is 0 Å². The number of thiazole rings is 1. The molecule has 1 aromatic heterocycles. The Labute approximate surface area is 121 Å². The lowest BCUT2D eigenvalue weighted by Gasteiger charge is -2.12. The molecule has 1 N–H and O–H groups in total. The van der Waals surface area contributed by atoms with Gasteiger partial charge in [-0.2, -0.15) is 0 Å². The second-order valence-corrected chi connectivity index (χ2v) is 6.27. The number of benzene rings is 1. The molecule has 2 nitrogen and oxygen atoms in total. The van der Waals surface area contributed by atoms with Gasteiger partial charge >= 0.3 is 0 Å². The van der Waals surface area contributed by atoms with Gasteiger partial charge < -0.3 is 5.32 Å². The summed E-state index contributed by atoms with van der Waals surface area (Å²) in [5.74, 6) is 0. The molecular weight excluding hydrogens is 308 g/mol. The highest BCUT2D eigenvalue weighted by Gasteiger charge is 2.09. The van der Waals surface area contributed by atoms with E-state index < -0.39 is 0 Å². The molecule has 2 aromatic rings. The maximum absolute atomic E-state index is 4.50. The van der Waals surface area contributed by atoms with Crippen LogP contribution in [0.5, 0.6) is 0 Å². The quantitative estimate of drug-likeness (QED) is 0.903. The first-order valence-corrected chi connectivity index (χ1v) is 7.64. The van der Waals surface area contributed by atoms with Gasteiger partial charge in [-0.15, -0.1) is 11.3 Å². The molecule has 0 radical (unpaired) electrons. The normalized spacial score (nSPS) is 12.7. The van der Waals surface area contributed by atoms with Gasteiger partial charge in [-0.3, -0.25) is 0 Å². The summed E-state index contributed by atoms with van der Waals surface area (Å²) in [5, 5.41) is 6.75. The third-order valence-corrected chi connectivity index (χ3v) is 4.70. The van der Waals surface area contributed by atoms with E-state index in [-0.39, 0.29) is 6.04 Å². The van der Waals surface area contributed by atoms with Crippen LogP contribution in [-0.2, 0) is 6.54 Å². The van der Waals surface area contributed by atoms with Crippen molar-refractivity contribution in [2.24, 2.45) is 0 Å². The van der Waals surface area contributed by atoms with Crippen molar-refractivity contribution in [3.8, 4) is 0 Å². The summed E-state index contributed by atoms with van der Waals surface area (Å²) >= 11 is 5.32. The van der Waals surface area contributed by atoms with E-state index in [4.69, 9.17) is 0 Å². The summed E-state index contributed by atoms with van der Waals surface area (Å²) in [6, 6.07) is 6.73. The minimum absolute atomic E-state index is 0.289. The topological polar surface area (TPSA) is 24.9 Å². The van der Waals surface area contributed by atoms with Crippen LogP contribution in [0.3, 0.4) is 0 Å². The van der Waals surface area contributed by atoms with Crippen LogP contribution in [0.1, 0.15) is 34.8 Å². The maximum atomic E-state index is 4.50. The molecule has 0 saturated carbocycles. The molecule has 96 valence electrons. The van der Waals surface area contributed by atoms with Gasteiger partial charge in [0.2, 0.25) is 0 Å². The Hall–Kier alpha value is -0.710. The van der Waals surface area contributed by atoms with Crippen molar-refractivity contribution in [3.05, 3.63) is 49.9 Å². The Morgan fingerprint density at radius 1 is 1.39 bits per heavy atom. The minimum Gasteiger partial charge on any atom is -0.304 e. The lowest BCUT2D eigenvalue weighted by Crippen LogP contribution is -2.18. The highest BCUT2D eigenvalue weighted by Crippen LogP contribution is 2.21. The van der Waals surface area contributed by atoms with E-state index in [1.54, 1.807) is 11.3 Å². The summed E-state index contributed by atoms with van der Waals surface area (Å²) in [6.45, 7) is 7.13. The molecule has 0 amide bonds. The predicted molar refractivity (Wildman–Crippen MR) is 81.0 cm³/mol. The maximum Gasteiger partial charge on any atom is 0.110 e. The Kier molecular flexibility index (Phi) is 4.54. The number of nitrogens with one attached hydrogen (secondary N) is 1. The van der Waals surface area contributed by atoms with Gasteiger partial charge in [-0.05, 0) is 38.0 Å². The zero-order valence-electron chi connectivity index (χ0n) is 10.8. The average molecular weight is 325 g/mol. The zero-order valence-corrected chi connectivity index (χ0v) is 13.2. The molecule has 2 rings (SSSR count). The summed E-state index contributed by atoms with van der Waals surface area (Å²) in [5.41, 5.74) is 3.65. The van der Waals surface area contributed by atoms with Crippen molar-refractivity contribution in [1.29, 1.82) is 0 Å². The fourth-order valence-corrected chi connectivity index (χ4v) is 3.18. The van der Waals surface area contributed by atoms with Crippen LogP contribution in [0, 0.1) is 13.8 Å². The predicted octanol–water partition coefficient (Wildman–Crippen LogP) is 4.37. The van der Waals surface area contributed by atoms with E-state index in [9.17, 15) is 0 Å². The smallest absolute Gasteiger partial charge is 0.110 e. The molecule has 0 fully saturated rings. The molecule has 1 unspecified atom stereocenters. The molecule has 0 saturated heterocycles. The van der Waals surface area contributed by atoms with Crippen molar-refractivity contribution in [2.45, 2.75) is 33.4 Å². The molecule has 1 aromatic carbocycles. The van der Waals surface area contributed by atoms with Gasteiger partial charge in [0.05, 0.1) is 6.04 Å². The first-order chi connectivity index (χ1) is 8.56. The lowest BCUT2D eigenvalue weighted by molar-refractivity contribution is 0.570. The van der Waals surface area contributed by atoms with Crippen LogP contribution in [-0.4, -0.2) is 4.98 Å².